The first-order valence-corrected chi connectivity index (χ1v) is 6.77. The first-order valence-electron chi connectivity index (χ1n) is 6.77. The van der Waals surface area contributed by atoms with E-state index in [0.717, 1.165) is 23.8 Å². The summed E-state index contributed by atoms with van der Waals surface area (Å²) in [5, 5.41) is 0. The zero-order valence-corrected chi connectivity index (χ0v) is 11.5. The van der Waals surface area contributed by atoms with Crippen molar-refractivity contribution in [1.29, 1.82) is 0 Å². The predicted octanol–water partition coefficient (Wildman–Crippen LogP) is 2.39. The Morgan fingerprint density at radius 3 is 2.72 bits per heavy atom. The second-order valence-corrected chi connectivity index (χ2v) is 5.34. The van der Waals surface area contributed by atoms with Gasteiger partial charge in [0.2, 0.25) is 0 Å². The van der Waals surface area contributed by atoms with Gasteiger partial charge in [0.05, 0.1) is 7.11 Å². The summed E-state index contributed by atoms with van der Waals surface area (Å²) >= 11 is 0. The van der Waals surface area contributed by atoms with E-state index in [0.29, 0.717) is 6.54 Å². The number of hydrogen-bond donors (Lipinski definition) is 1. The smallest absolute Gasteiger partial charge is 0.123 e. The minimum atomic E-state index is 0.529. The fourth-order valence-corrected chi connectivity index (χ4v) is 2.55. The molecule has 1 aromatic carbocycles. The van der Waals surface area contributed by atoms with E-state index in [1.165, 1.54) is 31.4 Å². The third-order valence-electron chi connectivity index (χ3n) is 3.82. The van der Waals surface area contributed by atoms with Gasteiger partial charge in [-0.25, -0.2) is 0 Å². The van der Waals surface area contributed by atoms with Crippen LogP contribution in [-0.4, -0.2) is 25.6 Å². The molecule has 1 aromatic rings. The van der Waals surface area contributed by atoms with Crippen LogP contribution in [-0.2, 0) is 13.1 Å². The fraction of sp³-hybridized carbons (Fsp3) is 0.600. The van der Waals surface area contributed by atoms with Crippen LogP contribution in [0.1, 0.15) is 30.4 Å². The van der Waals surface area contributed by atoms with Gasteiger partial charge in [0.15, 0.2) is 0 Å². The molecule has 1 saturated carbocycles. The molecule has 2 rings (SSSR count). The van der Waals surface area contributed by atoms with Crippen LogP contribution in [0.25, 0.3) is 0 Å². The van der Waals surface area contributed by atoms with Gasteiger partial charge in [-0.2, -0.15) is 0 Å². The van der Waals surface area contributed by atoms with Crippen LogP contribution in [0, 0.1) is 5.92 Å². The highest BCUT2D eigenvalue weighted by molar-refractivity contribution is 5.37. The van der Waals surface area contributed by atoms with Gasteiger partial charge in [-0.05, 0) is 37.4 Å². The molecule has 0 amide bonds. The van der Waals surface area contributed by atoms with Crippen LogP contribution in [0.3, 0.4) is 0 Å². The molecule has 3 nitrogen and oxygen atoms in total. The summed E-state index contributed by atoms with van der Waals surface area (Å²) in [7, 11) is 3.90. The van der Waals surface area contributed by atoms with Crippen molar-refractivity contribution in [2.45, 2.75) is 32.4 Å². The highest BCUT2D eigenvalue weighted by atomic mass is 16.5. The molecule has 0 heterocycles. The van der Waals surface area contributed by atoms with Crippen LogP contribution >= 0.6 is 0 Å². The monoisotopic (exact) mass is 248 g/mol. The Morgan fingerprint density at radius 1 is 1.39 bits per heavy atom. The normalized spacial score (nSPS) is 15.8. The van der Waals surface area contributed by atoms with Gasteiger partial charge in [-0.15, -0.1) is 0 Å². The topological polar surface area (TPSA) is 38.5 Å². The molecule has 1 fully saturated rings. The summed E-state index contributed by atoms with van der Waals surface area (Å²) in [4.78, 5) is 2.40. The molecule has 0 aliphatic heterocycles. The number of nitrogens with zero attached hydrogens (tertiary/aromatic N) is 1. The number of rotatable bonds is 6. The van der Waals surface area contributed by atoms with E-state index in [2.05, 4.69) is 30.1 Å². The fourth-order valence-electron chi connectivity index (χ4n) is 2.55. The first-order chi connectivity index (χ1) is 8.72. The van der Waals surface area contributed by atoms with Crippen molar-refractivity contribution >= 4 is 0 Å². The molecule has 2 N–H and O–H groups in total. The van der Waals surface area contributed by atoms with Crippen molar-refractivity contribution in [3.8, 4) is 5.75 Å². The molecule has 100 valence electrons. The third kappa shape index (κ3) is 3.24. The van der Waals surface area contributed by atoms with Gasteiger partial charge in [-0.1, -0.05) is 18.6 Å². The van der Waals surface area contributed by atoms with Crippen molar-refractivity contribution in [2.24, 2.45) is 11.7 Å². The van der Waals surface area contributed by atoms with E-state index < -0.39 is 0 Å². The van der Waals surface area contributed by atoms with Gasteiger partial charge in [0, 0.05) is 25.2 Å². The molecule has 0 unspecified atom stereocenters. The van der Waals surface area contributed by atoms with Crippen molar-refractivity contribution in [1.82, 2.24) is 4.90 Å². The van der Waals surface area contributed by atoms with Gasteiger partial charge in [0.1, 0.15) is 5.75 Å². The Labute approximate surface area is 110 Å². The molecule has 0 radical (unpaired) electrons. The molecule has 1 aliphatic rings. The van der Waals surface area contributed by atoms with Gasteiger partial charge >= 0.3 is 0 Å². The molecular weight excluding hydrogens is 224 g/mol. The summed E-state index contributed by atoms with van der Waals surface area (Å²) < 4.78 is 5.37. The van der Waals surface area contributed by atoms with Crippen LogP contribution in [0.15, 0.2) is 18.2 Å². The van der Waals surface area contributed by atoms with E-state index in [-0.39, 0.29) is 0 Å². The second kappa shape index (κ2) is 6.21. The number of ether oxygens (including phenoxy) is 1. The minimum Gasteiger partial charge on any atom is -0.496 e. The molecule has 18 heavy (non-hydrogen) atoms. The molecular formula is C15H24N2O. The highest BCUT2D eigenvalue weighted by Crippen LogP contribution is 2.27. The summed E-state index contributed by atoms with van der Waals surface area (Å²) in [6.45, 7) is 2.72. The van der Waals surface area contributed by atoms with Gasteiger partial charge < -0.3 is 15.4 Å². The van der Waals surface area contributed by atoms with Gasteiger partial charge in [0.25, 0.3) is 0 Å². The molecule has 3 heteroatoms. The van der Waals surface area contributed by atoms with Crippen molar-refractivity contribution in [3.05, 3.63) is 29.3 Å². The van der Waals surface area contributed by atoms with E-state index in [4.69, 9.17) is 10.5 Å². The van der Waals surface area contributed by atoms with Crippen LogP contribution < -0.4 is 10.5 Å². The quantitative estimate of drug-likeness (QED) is 0.840. The predicted molar refractivity (Wildman–Crippen MR) is 74.6 cm³/mol. The van der Waals surface area contributed by atoms with Crippen molar-refractivity contribution in [3.63, 3.8) is 0 Å². The maximum Gasteiger partial charge on any atom is 0.123 e. The minimum absolute atomic E-state index is 0.529. The average Bonchev–Trinajstić information content (AvgIpc) is 2.33. The Kier molecular flexibility index (Phi) is 4.61. The summed E-state index contributed by atoms with van der Waals surface area (Å²) in [6, 6.07) is 6.34. The summed E-state index contributed by atoms with van der Waals surface area (Å²) in [5.41, 5.74) is 8.05. The highest BCUT2D eigenvalue weighted by Gasteiger charge is 2.19. The summed E-state index contributed by atoms with van der Waals surface area (Å²) in [5.74, 6) is 1.83. The van der Waals surface area contributed by atoms with E-state index in [1.54, 1.807) is 7.11 Å². The lowest BCUT2D eigenvalue weighted by atomic mass is 9.85. The van der Waals surface area contributed by atoms with Crippen LogP contribution in [0.4, 0.5) is 0 Å². The third-order valence-corrected chi connectivity index (χ3v) is 3.82. The lowest BCUT2D eigenvalue weighted by Gasteiger charge is -2.30. The average molecular weight is 248 g/mol. The maximum atomic E-state index is 5.68. The van der Waals surface area contributed by atoms with Crippen molar-refractivity contribution in [2.75, 3.05) is 20.7 Å². The molecule has 1 aliphatic carbocycles. The molecule has 0 bridgehead atoms. The number of hydrogen-bond acceptors (Lipinski definition) is 3. The second-order valence-electron chi connectivity index (χ2n) is 5.34. The van der Waals surface area contributed by atoms with Gasteiger partial charge in [-0.3, -0.25) is 0 Å². The lowest BCUT2D eigenvalue weighted by Crippen LogP contribution is -2.29. The lowest BCUT2D eigenvalue weighted by molar-refractivity contribution is 0.200. The largest absolute Gasteiger partial charge is 0.496 e. The molecule has 0 saturated heterocycles. The van der Waals surface area contributed by atoms with Crippen LogP contribution in [0.5, 0.6) is 5.75 Å². The zero-order chi connectivity index (χ0) is 13.0. The van der Waals surface area contributed by atoms with E-state index in [9.17, 15) is 0 Å². The van der Waals surface area contributed by atoms with Crippen LogP contribution in [0.2, 0.25) is 0 Å². The molecule has 0 atom stereocenters. The summed E-state index contributed by atoms with van der Waals surface area (Å²) in [6.07, 6.45) is 4.22. The molecule has 0 aromatic heterocycles. The molecule has 0 spiro atoms. The Bertz CT molecular complexity index is 388. The number of benzene rings is 1. The number of nitrogens with two attached hydrogens (primary N) is 1. The SMILES string of the molecule is COc1cc(CN(C)CC2CCC2)ccc1CN. The van der Waals surface area contributed by atoms with E-state index >= 15 is 0 Å². The maximum absolute atomic E-state index is 5.68. The Balaban J connectivity index is 1.95. The van der Waals surface area contributed by atoms with Crippen molar-refractivity contribution < 1.29 is 4.74 Å². The number of methoxy groups -OCH3 is 1. The zero-order valence-electron chi connectivity index (χ0n) is 11.5. The Hall–Kier alpha value is -1.06. The Morgan fingerprint density at radius 2 is 2.17 bits per heavy atom. The first kappa shape index (κ1) is 13.4. The van der Waals surface area contributed by atoms with E-state index in [1.807, 2.05) is 0 Å². The standard InChI is InChI=1S/C15H24N2O/c1-17(10-12-4-3-5-12)11-13-6-7-14(9-16)15(8-13)18-2/h6-8,12H,3-5,9-11,16H2,1-2H3.